The van der Waals surface area contributed by atoms with Crippen LogP contribution in [0.15, 0.2) is 59.8 Å². The van der Waals surface area contributed by atoms with E-state index in [0.29, 0.717) is 60.8 Å². The molecule has 2 aliphatic rings. The van der Waals surface area contributed by atoms with E-state index >= 15 is 0 Å². The molecule has 5 aromatic rings. The zero-order valence-corrected chi connectivity index (χ0v) is 24.9. The van der Waals surface area contributed by atoms with E-state index in [1.807, 2.05) is 45.0 Å². The molecule has 0 N–H and O–H groups in total. The zero-order valence-electron chi connectivity index (χ0n) is 24.9. The van der Waals surface area contributed by atoms with Crippen molar-refractivity contribution in [2.75, 3.05) is 19.7 Å². The number of ether oxygens (including phenoxy) is 2. The van der Waals surface area contributed by atoms with Crippen molar-refractivity contribution in [2.24, 2.45) is 5.92 Å². The van der Waals surface area contributed by atoms with Crippen LogP contribution in [0.1, 0.15) is 51.6 Å². The Hall–Kier alpha value is -4.74. The zero-order chi connectivity index (χ0) is 30.6. The third-order valence-corrected chi connectivity index (χ3v) is 8.36. The predicted molar refractivity (Wildman–Crippen MR) is 162 cm³/mol. The maximum Gasteiger partial charge on any atom is 0.410 e. The number of carbonyl (C=O) groups excluding carboxylic acids is 1. The number of hydrogen-bond donors (Lipinski definition) is 0. The first-order chi connectivity index (χ1) is 21.2. The van der Waals surface area contributed by atoms with Crippen LogP contribution in [0.4, 0.5) is 9.18 Å². The summed E-state index contributed by atoms with van der Waals surface area (Å²) in [6.07, 6.45) is 5.00. The van der Waals surface area contributed by atoms with Crippen molar-refractivity contribution in [3.63, 3.8) is 0 Å². The van der Waals surface area contributed by atoms with Gasteiger partial charge in [0.15, 0.2) is 5.65 Å². The van der Waals surface area contributed by atoms with Gasteiger partial charge in [0.1, 0.15) is 29.0 Å². The number of hydrogen-bond acceptors (Lipinski definition) is 7. The van der Waals surface area contributed by atoms with Gasteiger partial charge in [0.2, 0.25) is 5.95 Å². The standard InChI is InChI=1S/C32H34FN7O4/c1-32(2,3)44-31(42)37-13-10-20(11-14-37)18-38-26-17-34-29(39-19-35-23-9-8-21(33)16-25(23)39)36-28(26)40(30(38)41)24-12-15-43-27-7-5-4-6-22(24)27/h4-9,16-17,19-20,24H,10-15,18H2,1-3H3. The number of rotatable bonds is 4. The van der Waals surface area contributed by atoms with Crippen LogP contribution >= 0.6 is 0 Å². The summed E-state index contributed by atoms with van der Waals surface area (Å²) in [6, 6.07) is 11.8. The second kappa shape index (κ2) is 10.8. The summed E-state index contributed by atoms with van der Waals surface area (Å²) in [6.45, 7) is 7.63. The van der Waals surface area contributed by atoms with Gasteiger partial charge in [-0.05, 0) is 57.7 Å². The van der Waals surface area contributed by atoms with E-state index in [0.717, 1.165) is 24.2 Å². The molecule has 0 spiro atoms. The van der Waals surface area contributed by atoms with E-state index in [9.17, 15) is 14.0 Å². The molecule has 1 unspecified atom stereocenters. The van der Waals surface area contributed by atoms with Crippen LogP contribution in [-0.4, -0.2) is 64.9 Å². The van der Waals surface area contributed by atoms with Crippen molar-refractivity contribution < 1.29 is 18.7 Å². The highest BCUT2D eigenvalue weighted by Gasteiger charge is 2.31. The fourth-order valence-corrected chi connectivity index (χ4v) is 6.24. The van der Waals surface area contributed by atoms with Crippen LogP contribution in [0.5, 0.6) is 5.75 Å². The third-order valence-electron chi connectivity index (χ3n) is 8.36. The van der Waals surface area contributed by atoms with Gasteiger partial charge < -0.3 is 14.4 Å². The summed E-state index contributed by atoms with van der Waals surface area (Å²) < 4.78 is 30.8. The monoisotopic (exact) mass is 599 g/mol. The lowest BCUT2D eigenvalue weighted by molar-refractivity contribution is 0.0178. The van der Waals surface area contributed by atoms with Crippen molar-refractivity contribution in [2.45, 2.75) is 58.2 Å². The smallest absolute Gasteiger partial charge is 0.410 e. The lowest BCUT2D eigenvalue weighted by atomic mass is 9.97. The highest BCUT2D eigenvalue weighted by molar-refractivity contribution is 5.78. The minimum absolute atomic E-state index is 0.174. The van der Waals surface area contributed by atoms with Gasteiger partial charge in [-0.25, -0.2) is 23.9 Å². The Morgan fingerprint density at radius 3 is 2.66 bits per heavy atom. The van der Waals surface area contributed by atoms with E-state index in [2.05, 4.69) is 9.97 Å². The van der Waals surface area contributed by atoms with Gasteiger partial charge in [-0.2, -0.15) is 4.98 Å². The molecular formula is C32H34FN7O4. The summed E-state index contributed by atoms with van der Waals surface area (Å²) in [4.78, 5) is 42.6. The van der Waals surface area contributed by atoms with Gasteiger partial charge in [0, 0.05) is 37.7 Å². The molecule has 5 heterocycles. The number of fused-ring (bicyclic) bond motifs is 3. The lowest BCUT2D eigenvalue weighted by Crippen LogP contribution is -2.42. The Kier molecular flexibility index (Phi) is 6.86. The summed E-state index contributed by atoms with van der Waals surface area (Å²) in [7, 11) is 0. The minimum atomic E-state index is -0.554. The molecular weight excluding hydrogens is 565 g/mol. The summed E-state index contributed by atoms with van der Waals surface area (Å²) in [5, 5.41) is 0. The third kappa shape index (κ3) is 5.07. The van der Waals surface area contributed by atoms with Crippen molar-refractivity contribution in [3.8, 4) is 11.7 Å². The highest BCUT2D eigenvalue weighted by atomic mass is 19.1. The first kappa shape index (κ1) is 28.1. The Morgan fingerprint density at radius 2 is 1.86 bits per heavy atom. The van der Waals surface area contributed by atoms with Crippen LogP contribution in [0, 0.1) is 11.7 Å². The number of halogens is 1. The highest BCUT2D eigenvalue weighted by Crippen LogP contribution is 2.35. The Bertz CT molecular complexity index is 1930. The second-order valence-electron chi connectivity index (χ2n) is 12.5. The normalized spacial score (nSPS) is 17.5. The van der Waals surface area contributed by atoms with Crippen LogP contribution in [0.25, 0.3) is 28.1 Å². The molecule has 1 amide bonds. The molecule has 0 saturated carbocycles. The first-order valence-electron chi connectivity index (χ1n) is 15.0. The number of amides is 1. The van der Waals surface area contributed by atoms with Gasteiger partial charge in [0.05, 0.1) is 29.9 Å². The van der Waals surface area contributed by atoms with Crippen LogP contribution < -0.4 is 10.4 Å². The molecule has 1 saturated heterocycles. The van der Waals surface area contributed by atoms with Crippen LogP contribution in [0.2, 0.25) is 0 Å². The molecule has 228 valence electrons. The second-order valence-corrected chi connectivity index (χ2v) is 12.5. The molecule has 1 fully saturated rings. The molecule has 11 nitrogen and oxygen atoms in total. The van der Waals surface area contributed by atoms with E-state index in [1.54, 1.807) is 37.2 Å². The predicted octanol–water partition coefficient (Wildman–Crippen LogP) is 5.09. The number of carbonyl (C=O) groups is 1. The lowest BCUT2D eigenvalue weighted by Gasteiger charge is -2.33. The van der Waals surface area contributed by atoms with Crippen LogP contribution in [-0.2, 0) is 11.3 Å². The fourth-order valence-electron chi connectivity index (χ4n) is 6.24. The molecule has 2 aromatic carbocycles. The topological polar surface area (TPSA) is 109 Å². The molecule has 3 aromatic heterocycles. The van der Waals surface area contributed by atoms with Crippen molar-refractivity contribution in [3.05, 3.63) is 76.9 Å². The van der Waals surface area contributed by atoms with Crippen molar-refractivity contribution in [1.29, 1.82) is 0 Å². The molecule has 0 aliphatic carbocycles. The van der Waals surface area contributed by atoms with E-state index in [-0.39, 0.29) is 29.6 Å². The number of aromatic nitrogens is 6. The fraction of sp³-hybridized carbons (Fsp3) is 0.406. The average molecular weight is 600 g/mol. The first-order valence-corrected chi connectivity index (χ1v) is 15.0. The number of imidazole rings is 2. The van der Waals surface area contributed by atoms with E-state index < -0.39 is 5.60 Å². The Morgan fingerprint density at radius 1 is 1.07 bits per heavy atom. The number of piperidine rings is 1. The van der Waals surface area contributed by atoms with Gasteiger partial charge in [-0.15, -0.1) is 0 Å². The largest absolute Gasteiger partial charge is 0.493 e. The quantitative estimate of drug-likeness (QED) is 0.283. The summed E-state index contributed by atoms with van der Waals surface area (Å²) >= 11 is 0. The van der Waals surface area contributed by atoms with E-state index in [4.69, 9.17) is 14.5 Å². The van der Waals surface area contributed by atoms with Gasteiger partial charge in [0.25, 0.3) is 0 Å². The van der Waals surface area contributed by atoms with Crippen molar-refractivity contribution in [1.82, 2.24) is 33.6 Å². The number of nitrogens with zero attached hydrogens (tertiary/aromatic N) is 7. The maximum absolute atomic E-state index is 14.3. The van der Waals surface area contributed by atoms with Crippen LogP contribution in [0.3, 0.4) is 0 Å². The van der Waals surface area contributed by atoms with Gasteiger partial charge in [-0.3, -0.25) is 13.7 Å². The number of benzene rings is 2. The number of para-hydroxylation sites is 1. The summed E-state index contributed by atoms with van der Waals surface area (Å²) in [5.41, 5.74) is 2.44. The molecule has 0 radical (unpaired) electrons. The Labute approximate surface area is 252 Å². The SMILES string of the molecule is CC(C)(C)OC(=O)N1CCC(Cn2c(=O)n(C3CCOc4ccccc43)c3nc(-n4cnc5ccc(F)cc54)ncc32)CC1. The Balaban J connectivity index is 1.28. The molecule has 2 aliphatic heterocycles. The molecule has 0 bridgehead atoms. The van der Waals surface area contributed by atoms with Gasteiger partial charge in [-0.1, -0.05) is 18.2 Å². The molecule has 7 rings (SSSR count). The maximum atomic E-state index is 14.3. The number of likely N-dealkylation sites (tertiary alicyclic amines) is 1. The minimum Gasteiger partial charge on any atom is -0.493 e. The molecule has 44 heavy (non-hydrogen) atoms. The van der Waals surface area contributed by atoms with E-state index in [1.165, 1.54) is 12.1 Å². The molecule has 1 atom stereocenters. The van der Waals surface area contributed by atoms with Gasteiger partial charge >= 0.3 is 11.8 Å². The summed E-state index contributed by atoms with van der Waals surface area (Å²) in [5.74, 6) is 0.825. The average Bonchev–Trinajstić information content (AvgIpc) is 3.54. The van der Waals surface area contributed by atoms with Crippen molar-refractivity contribution >= 4 is 28.3 Å². The molecule has 12 heteroatoms.